The van der Waals surface area contributed by atoms with Crippen molar-refractivity contribution in [3.8, 4) is 0 Å². The van der Waals surface area contributed by atoms with Gasteiger partial charge in [0, 0.05) is 17.4 Å². The molecular formula is C31H30CrO3Sn. The van der Waals surface area contributed by atoms with Crippen molar-refractivity contribution in [1.82, 2.24) is 0 Å². The van der Waals surface area contributed by atoms with Crippen molar-refractivity contribution in [2.24, 2.45) is 0 Å². The van der Waals surface area contributed by atoms with Gasteiger partial charge < -0.3 is 0 Å². The predicted molar refractivity (Wildman–Crippen MR) is 140 cm³/mol. The van der Waals surface area contributed by atoms with Gasteiger partial charge in [-0.3, -0.25) is 0 Å². The first-order chi connectivity index (χ1) is 17.0. The molecule has 6 radical (unpaired) electrons. The topological polar surface area (TPSA) is 59.7 Å². The van der Waals surface area contributed by atoms with E-state index in [2.05, 4.69) is 146 Å². The summed E-state index contributed by atoms with van der Waals surface area (Å²) in [6.07, 6.45) is 0. The zero-order valence-corrected chi connectivity index (χ0v) is 25.4. The van der Waals surface area contributed by atoms with Gasteiger partial charge in [0.2, 0.25) is 0 Å². The van der Waals surface area contributed by atoms with Crippen LogP contribution in [0.15, 0.2) is 91.0 Å². The first kappa shape index (κ1) is 36.4. The van der Waals surface area contributed by atoms with Crippen LogP contribution in [-0.2, 0) is 31.3 Å². The van der Waals surface area contributed by atoms with E-state index in [9.17, 15) is 0 Å². The van der Waals surface area contributed by atoms with Crippen molar-refractivity contribution in [2.75, 3.05) is 0 Å². The summed E-state index contributed by atoms with van der Waals surface area (Å²) in [6.45, 7) is 24.5. The molecule has 3 aromatic rings. The van der Waals surface area contributed by atoms with E-state index in [0.717, 1.165) is 0 Å². The number of hydrogen-bond donors (Lipinski definition) is 0. The van der Waals surface area contributed by atoms with E-state index in [1.165, 1.54) is 40.3 Å². The van der Waals surface area contributed by atoms with Crippen molar-refractivity contribution in [3.05, 3.63) is 141 Å². The minimum atomic E-state index is -1.98. The molecule has 0 spiro atoms. The van der Waals surface area contributed by atoms with Gasteiger partial charge in [0.05, 0.1) is 0 Å². The summed E-state index contributed by atoms with van der Waals surface area (Å²) in [5.41, 5.74) is 0. The van der Waals surface area contributed by atoms with Crippen molar-refractivity contribution in [1.29, 1.82) is 0 Å². The standard InChI is InChI=1S/C10H15.3C6H5.3CO.Cr.Sn/c1-6-7(2)9(4)10(5)8(6)3;3*1-2-4-6-5-3-1;3*1-2;;/h1-5H3;3*1-5H;;;;;. The van der Waals surface area contributed by atoms with Gasteiger partial charge in [0.1, 0.15) is 0 Å². The average molecular weight is 621 g/mol. The Morgan fingerprint density at radius 3 is 0.722 bits per heavy atom. The van der Waals surface area contributed by atoms with Gasteiger partial charge in [-0.15, -0.1) is 0 Å². The molecule has 1 fully saturated rings. The number of hydrogen-bond acceptors (Lipinski definition) is 0. The van der Waals surface area contributed by atoms with Crippen LogP contribution in [0.4, 0.5) is 0 Å². The third kappa shape index (κ3) is 10.7. The molecule has 1 aliphatic rings. The van der Waals surface area contributed by atoms with Gasteiger partial charge >= 0.3 is 155 Å². The Balaban J connectivity index is 0. The monoisotopic (exact) mass is 622 g/mol. The average Bonchev–Trinajstić information content (AvgIpc) is 3.12. The summed E-state index contributed by atoms with van der Waals surface area (Å²) in [4.78, 5) is 0. The van der Waals surface area contributed by atoms with E-state index in [4.69, 9.17) is 14.0 Å². The summed E-state index contributed by atoms with van der Waals surface area (Å²) in [7, 11) is 0. The molecule has 0 heterocycles. The molecule has 0 atom stereocenters. The molecule has 4 rings (SSSR count). The second-order valence-electron chi connectivity index (χ2n) is 7.60. The maximum absolute atomic E-state index is 7.50. The third-order valence-corrected chi connectivity index (χ3v) is 13.8. The van der Waals surface area contributed by atoms with Crippen LogP contribution < -0.4 is 10.7 Å². The SMILES string of the molecule is C[C]1[C](C)[C](C)[C](C)[C]1C.[C-]#[O+].[C-]#[O+].[C-]#[O+].[Cr].c1cc[c]([Sn]([c]2ccccc2)[c]2ccccc2)cc1. The first-order valence-corrected chi connectivity index (χ1v) is 15.1. The van der Waals surface area contributed by atoms with Crippen LogP contribution in [0.2, 0.25) is 0 Å². The first-order valence-electron chi connectivity index (χ1n) is 10.8. The quantitative estimate of drug-likeness (QED) is 0.223. The van der Waals surface area contributed by atoms with E-state index in [1.807, 2.05) is 0 Å². The Morgan fingerprint density at radius 1 is 0.389 bits per heavy atom. The van der Waals surface area contributed by atoms with Crippen LogP contribution >= 0.6 is 0 Å². The fourth-order valence-electron chi connectivity index (χ4n) is 3.72. The Kier molecular flexibility index (Phi) is 21.5. The molecule has 0 N–H and O–H groups in total. The van der Waals surface area contributed by atoms with Gasteiger partial charge in [-0.2, -0.15) is 0 Å². The zero-order chi connectivity index (χ0) is 26.8. The molecule has 0 aromatic heterocycles. The molecule has 0 bridgehead atoms. The third-order valence-electron chi connectivity index (χ3n) is 6.00. The van der Waals surface area contributed by atoms with E-state index in [0.29, 0.717) is 0 Å². The van der Waals surface area contributed by atoms with E-state index in [-0.39, 0.29) is 17.4 Å². The molecule has 0 amide bonds. The predicted octanol–water partition coefficient (Wildman–Crippen LogP) is 5.06. The Morgan fingerprint density at radius 2 is 0.556 bits per heavy atom. The molecule has 36 heavy (non-hydrogen) atoms. The van der Waals surface area contributed by atoms with E-state index in [1.54, 1.807) is 0 Å². The van der Waals surface area contributed by atoms with Gasteiger partial charge in [0.15, 0.2) is 0 Å². The molecule has 3 aromatic carbocycles. The molecule has 0 unspecified atom stereocenters. The molecular weight excluding hydrogens is 591 g/mol. The van der Waals surface area contributed by atoms with Crippen LogP contribution in [0, 0.1) is 49.5 Å². The van der Waals surface area contributed by atoms with Crippen molar-refractivity contribution in [3.63, 3.8) is 0 Å². The maximum atomic E-state index is 7.50. The van der Waals surface area contributed by atoms with E-state index >= 15 is 0 Å². The second kappa shape index (κ2) is 21.3. The number of rotatable bonds is 3. The zero-order valence-electron chi connectivity index (χ0n) is 21.3. The fourth-order valence-corrected chi connectivity index (χ4v) is 11.1. The fraction of sp³-hybridized carbons (Fsp3) is 0.161. The van der Waals surface area contributed by atoms with Crippen molar-refractivity contribution >= 4 is 30.5 Å². The van der Waals surface area contributed by atoms with Gasteiger partial charge in [-0.05, 0) is 29.6 Å². The van der Waals surface area contributed by atoms with Gasteiger partial charge in [-0.25, -0.2) is 0 Å². The normalized spacial score (nSPS) is 13.7. The summed E-state index contributed by atoms with van der Waals surface area (Å²) >= 11 is -1.98. The second-order valence-corrected chi connectivity index (χ2v) is 14.7. The minimum absolute atomic E-state index is 0. The molecule has 5 heteroatoms. The number of benzene rings is 3. The van der Waals surface area contributed by atoms with Gasteiger partial charge in [0.25, 0.3) is 0 Å². The Hall–Kier alpha value is -1.79. The van der Waals surface area contributed by atoms with Crippen LogP contribution in [0.5, 0.6) is 0 Å². The Bertz CT molecular complexity index is 837. The summed E-state index contributed by atoms with van der Waals surface area (Å²) in [6, 6.07) is 32.9. The van der Waals surface area contributed by atoms with Crippen LogP contribution in [-0.4, -0.2) is 19.8 Å². The molecule has 1 saturated carbocycles. The molecule has 0 aliphatic heterocycles. The van der Waals surface area contributed by atoms with Crippen LogP contribution in [0.3, 0.4) is 0 Å². The van der Waals surface area contributed by atoms with Crippen molar-refractivity contribution in [2.45, 2.75) is 34.6 Å². The van der Waals surface area contributed by atoms with Crippen LogP contribution in [0.25, 0.3) is 0 Å². The summed E-state index contributed by atoms with van der Waals surface area (Å²) in [5.74, 6) is 7.34. The van der Waals surface area contributed by atoms with E-state index < -0.39 is 19.8 Å². The molecule has 0 saturated heterocycles. The van der Waals surface area contributed by atoms with Gasteiger partial charge in [-0.1, -0.05) is 34.6 Å². The molecule has 1 aliphatic carbocycles. The van der Waals surface area contributed by atoms with Crippen LogP contribution in [0.1, 0.15) is 34.6 Å². The summed E-state index contributed by atoms with van der Waals surface area (Å²) < 4.78 is 27.1. The molecule has 3 nitrogen and oxygen atoms in total. The van der Waals surface area contributed by atoms with Crippen molar-refractivity contribution < 1.29 is 31.3 Å². The molecule has 182 valence electrons. The summed E-state index contributed by atoms with van der Waals surface area (Å²) in [5, 5.41) is 0. The Labute approximate surface area is 235 Å².